The predicted octanol–water partition coefficient (Wildman–Crippen LogP) is 4.90. The SMILES string of the molecule is Cc1cc(C)c(C)c(OC(c2cc(Br)cs2)C(C)N)c1. The van der Waals surface area contributed by atoms with E-state index in [1.807, 2.05) is 6.92 Å². The van der Waals surface area contributed by atoms with Gasteiger partial charge in [-0.3, -0.25) is 0 Å². The van der Waals surface area contributed by atoms with E-state index in [0.29, 0.717) is 0 Å². The highest BCUT2D eigenvalue weighted by Gasteiger charge is 2.21. The fourth-order valence-corrected chi connectivity index (χ4v) is 3.75. The van der Waals surface area contributed by atoms with Crippen LogP contribution in [0.15, 0.2) is 28.1 Å². The van der Waals surface area contributed by atoms with Crippen molar-refractivity contribution < 1.29 is 4.74 Å². The lowest BCUT2D eigenvalue weighted by Gasteiger charge is -2.23. The molecule has 0 bridgehead atoms. The van der Waals surface area contributed by atoms with Crippen LogP contribution in [0.2, 0.25) is 0 Å². The van der Waals surface area contributed by atoms with Gasteiger partial charge in [0.25, 0.3) is 0 Å². The van der Waals surface area contributed by atoms with Crippen LogP contribution in [-0.4, -0.2) is 6.04 Å². The molecule has 108 valence electrons. The number of aryl methyl sites for hydroxylation is 2. The number of halogens is 1. The Kier molecular flexibility index (Phi) is 4.89. The maximum atomic E-state index is 6.23. The molecule has 2 rings (SSSR count). The Labute approximate surface area is 133 Å². The third kappa shape index (κ3) is 3.43. The number of nitrogens with two attached hydrogens (primary N) is 1. The van der Waals surface area contributed by atoms with E-state index in [1.165, 1.54) is 16.7 Å². The lowest BCUT2D eigenvalue weighted by atomic mass is 10.1. The molecular formula is C16H20BrNOS. The molecule has 2 aromatic rings. The van der Waals surface area contributed by atoms with E-state index in [0.717, 1.165) is 15.1 Å². The van der Waals surface area contributed by atoms with Crippen molar-refractivity contribution in [1.29, 1.82) is 0 Å². The maximum Gasteiger partial charge on any atom is 0.148 e. The molecule has 0 saturated carbocycles. The van der Waals surface area contributed by atoms with Gasteiger partial charge in [0.05, 0.1) is 0 Å². The Morgan fingerprint density at radius 2 is 1.90 bits per heavy atom. The summed E-state index contributed by atoms with van der Waals surface area (Å²) in [5.41, 5.74) is 9.75. The topological polar surface area (TPSA) is 35.2 Å². The summed E-state index contributed by atoms with van der Waals surface area (Å²) in [5.74, 6) is 0.925. The molecule has 2 unspecified atom stereocenters. The van der Waals surface area contributed by atoms with Crippen LogP contribution in [0, 0.1) is 20.8 Å². The second kappa shape index (κ2) is 6.29. The van der Waals surface area contributed by atoms with Gasteiger partial charge in [-0.05, 0) is 72.4 Å². The van der Waals surface area contributed by atoms with Gasteiger partial charge in [-0.25, -0.2) is 0 Å². The Balaban J connectivity index is 2.34. The molecule has 0 spiro atoms. The van der Waals surface area contributed by atoms with Crippen molar-refractivity contribution in [3.63, 3.8) is 0 Å². The summed E-state index contributed by atoms with van der Waals surface area (Å²) in [7, 11) is 0. The van der Waals surface area contributed by atoms with E-state index >= 15 is 0 Å². The van der Waals surface area contributed by atoms with Crippen molar-refractivity contribution in [3.8, 4) is 5.75 Å². The summed E-state index contributed by atoms with van der Waals surface area (Å²) in [6.45, 7) is 8.27. The zero-order chi connectivity index (χ0) is 14.9. The lowest BCUT2D eigenvalue weighted by Crippen LogP contribution is -2.28. The van der Waals surface area contributed by atoms with Crippen LogP contribution in [0.5, 0.6) is 5.75 Å². The zero-order valence-corrected chi connectivity index (χ0v) is 14.6. The van der Waals surface area contributed by atoms with Crippen molar-refractivity contribution in [2.75, 3.05) is 0 Å². The first-order valence-electron chi connectivity index (χ1n) is 6.62. The molecule has 1 aromatic heterocycles. The number of ether oxygens (including phenoxy) is 1. The van der Waals surface area contributed by atoms with Gasteiger partial charge in [0.1, 0.15) is 11.9 Å². The fraction of sp³-hybridized carbons (Fsp3) is 0.375. The first-order chi connectivity index (χ1) is 9.38. The van der Waals surface area contributed by atoms with Crippen LogP contribution in [0.4, 0.5) is 0 Å². The first kappa shape index (κ1) is 15.5. The number of thiophene rings is 1. The molecule has 4 heteroatoms. The second-order valence-corrected chi connectivity index (χ2v) is 7.13. The summed E-state index contributed by atoms with van der Waals surface area (Å²) >= 11 is 5.15. The van der Waals surface area contributed by atoms with Gasteiger partial charge in [0.2, 0.25) is 0 Å². The third-order valence-electron chi connectivity index (χ3n) is 3.36. The Morgan fingerprint density at radius 3 is 2.45 bits per heavy atom. The summed E-state index contributed by atoms with van der Waals surface area (Å²) in [4.78, 5) is 1.14. The highest BCUT2D eigenvalue weighted by atomic mass is 79.9. The Hall–Kier alpha value is -0.840. The zero-order valence-electron chi connectivity index (χ0n) is 12.2. The average molecular weight is 354 g/mol. The summed E-state index contributed by atoms with van der Waals surface area (Å²) < 4.78 is 7.31. The molecule has 20 heavy (non-hydrogen) atoms. The largest absolute Gasteiger partial charge is 0.483 e. The highest BCUT2D eigenvalue weighted by molar-refractivity contribution is 9.10. The van der Waals surface area contributed by atoms with Gasteiger partial charge >= 0.3 is 0 Å². The van der Waals surface area contributed by atoms with Gasteiger partial charge < -0.3 is 10.5 Å². The van der Waals surface area contributed by atoms with Crippen LogP contribution in [-0.2, 0) is 0 Å². The first-order valence-corrected chi connectivity index (χ1v) is 8.29. The lowest BCUT2D eigenvalue weighted by molar-refractivity contribution is 0.182. The number of rotatable bonds is 4. The number of hydrogen-bond donors (Lipinski definition) is 1. The Morgan fingerprint density at radius 1 is 1.20 bits per heavy atom. The standard InChI is InChI=1S/C16H20BrNOS/c1-9-5-10(2)11(3)14(6-9)19-16(12(4)18)15-7-13(17)8-20-15/h5-8,12,16H,18H2,1-4H3. The van der Waals surface area contributed by atoms with Gasteiger partial charge in [0.15, 0.2) is 0 Å². The minimum absolute atomic E-state index is 0.0687. The van der Waals surface area contributed by atoms with Crippen molar-refractivity contribution >= 4 is 27.3 Å². The van der Waals surface area contributed by atoms with Crippen LogP contribution in [0.3, 0.4) is 0 Å². The van der Waals surface area contributed by atoms with Crippen molar-refractivity contribution in [2.45, 2.75) is 39.8 Å². The number of benzene rings is 1. The van der Waals surface area contributed by atoms with Crippen LogP contribution in [0.25, 0.3) is 0 Å². The van der Waals surface area contributed by atoms with Gasteiger partial charge in [-0.15, -0.1) is 11.3 Å². The van der Waals surface area contributed by atoms with Crippen LogP contribution < -0.4 is 10.5 Å². The summed E-state index contributed by atoms with van der Waals surface area (Å²) in [6, 6.07) is 6.27. The quantitative estimate of drug-likeness (QED) is 0.847. The predicted molar refractivity (Wildman–Crippen MR) is 89.7 cm³/mol. The van der Waals surface area contributed by atoms with Crippen molar-refractivity contribution in [1.82, 2.24) is 0 Å². The van der Waals surface area contributed by atoms with Crippen LogP contribution >= 0.6 is 27.3 Å². The van der Waals surface area contributed by atoms with Crippen molar-refractivity contribution in [2.24, 2.45) is 5.73 Å². The van der Waals surface area contributed by atoms with E-state index in [-0.39, 0.29) is 12.1 Å². The molecule has 0 aliphatic carbocycles. The average Bonchev–Trinajstić information content (AvgIpc) is 2.77. The molecule has 2 nitrogen and oxygen atoms in total. The van der Waals surface area contributed by atoms with Crippen molar-refractivity contribution in [3.05, 3.63) is 49.6 Å². The van der Waals surface area contributed by atoms with E-state index in [9.17, 15) is 0 Å². The molecule has 0 aliphatic heterocycles. The minimum Gasteiger partial charge on any atom is -0.483 e. The fourth-order valence-electron chi connectivity index (χ4n) is 2.16. The third-order valence-corrected chi connectivity index (χ3v) is 5.12. The molecule has 0 radical (unpaired) electrons. The normalized spacial score (nSPS) is 14.1. The second-order valence-electron chi connectivity index (χ2n) is 5.27. The highest BCUT2D eigenvalue weighted by Crippen LogP contribution is 2.33. The smallest absolute Gasteiger partial charge is 0.148 e. The Bertz CT molecular complexity index is 607. The van der Waals surface area contributed by atoms with Crippen LogP contribution in [0.1, 0.15) is 34.6 Å². The molecule has 0 fully saturated rings. The molecule has 0 saturated heterocycles. The molecule has 2 N–H and O–H groups in total. The van der Waals surface area contributed by atoms with E-state index in [1.54, 1.807) is 11.3 Å². The molecule has 0 amide bonds. The summed E-state index contributed by atoms with van der Waals surface area (Å²) in [6.07, 6.45) is -0.119. The van der Waals surface area contributed by atoms with E-state index < -0.39 is 0 Å². The molecule has 0 aliphatic rings. The van der Waals surface area contributed by atoms with E-state index in [2.05, 4.69) is 60.3 Å². The minimum atomic E-state index is -0.119. The monoisotopic (exact) mass is 353 g/mol. The van der Waals surface area contributed by atoms with Gasteiger partial charge in [-0.2, -0.15) is 0 Å². The molecular weight excluding hydrogens is 334 g/mol. The number of hydrogen-bond acceptors (Lipinski definition) is 3. The summed E-state index contributed by atoms with van der Waals surface area (Å²) in [5, 5.41) is 2.06. The molecule has 1 aromatic carbocycles. The van der Waals surface area contributed by atoms with Gasteiger partial charge in [-0.1, -0.05) is 6.07 Å². The molecule has 1 heterocycles. The maximum absolute atomic E-state index is 6.23. The van der Waals surface area contributed by atoms with Gasteiger partial charge in [0, 0.05) is 20.8 Å². The van der Waals surface area contributed by atoms with E-state index in [4.69, 9.17) is 10.5 Å². The molecule has 2 atom stereocenters.